The van der Waals surface area contributed by atoms with Gasteiger partial charge in [0, 0.05) is 30.9 Å². The highest BCUT2D eigenvalue weighted by atomic mass is 32.1. The molecule has 2 aromatic heterocycles. The van der Waals surface area contributed by atoms with Crippen LogP contribution in [0.4, 0.5) is 0 Å². The molecule has 0 N–H and O–H groups in total. The van der Waals surface area contributed by atoms with Gasteiger partial charge < -0.3 is 4.90 Å². The van der Waals surface area contributed by atoms with Crippen LogP contribution in [0.2, 0.25) is 0 Å². The average molecular weight is 274 g/mol. The fourth-order valence-electron chi connectivity index (χ4n) is 2.00. The van der Waals surface area contributed by atoms with Crippen LogP contribution in [-0.2, 0) is 13.0 Å². The number of hydrogen-bond acceptors (Lipinski definition) is 3. The van der Waals surface area contributed by atoms with Gasteiger partial charge in [-0.2, -0.15) is 0 Å². The van der Waals surface area contributed by atoms with E-state index in [0.717, 1.165) is 16.9 Å². The lowest BCUT2D eigenvalue weighted by Crippen LogP contribution is -2.25. The van der Waals surface area contributed by atoms with Crippen molar-refractivity contribution in [2.75, 3.05) is 7.05 Å². The van der Waals surface area contributed by atoms with Gasteiger partial charge in [-0.15, -0.1) is 11.3 Å². The van der Waals surface area contributed by atoms with Crippen LogP contribution in [0.25, 0.3) is 0 Å². The molecule has 0 fully saturated rings. The first kappa shape index (κ1) is 13.7. The van der Waals surface area contributed by atoms with Gasteiger partial charge in [0.15, 0.2) is 0 Å². The summed E-state index contributed by atoms with van der Waals surface area (Å²) in [4.78, 5) is 20.3. The summed E-state index contributed by atoms with van der Waals surface area (Å²) < 4.78 is 0. The zero-order valence-electron chi connectivity index (χ0n) is 11.5. The molecule has 0 spiro atoms. The minimum Gasteiger partial charge on any atom is -0.337 e. The normalized spacial score (nSPS) is 10.5. The third kappa shape index (κ3) is 3.20. The molecular formula is C15H18N2OS. The molecule has 4 heteroatoms. The molecule has 0 saturated carbocycles. The van der Waals surface area contributed by atoms with Crippen LogP contribution < -0.4 is 0 Å². The van der Waals surface area contributed by atoms with Crippen molar-refractivity contribution in [1.82, 2.24) is 9.88 Å². The summed E-state index contributed by atoms with van der Waals surface area (Å²) in [6.45, 7) is 4.77. The second kappa shape index (κ2) is 5.97. The van der Waals surface area contributed by atoms with E-state index in [2.05, 4.69) is 18.8 Å². The van der Waals surface area contributed by atoms with Crippen molar-refractivity contribution < 1.29 is 4.79 Å². The fourth-order valence-corrected chi connectivity index (χ4v) is 3.11. The van der Waals surface area contributed by atoms with Crippen LogP contribution in [0, 0.1) is 6.92 Å². The zero-order chi connectivity index (χ0) is 13.8. The van der Waals surface area contributed by atoms with Crippen molar-refractivity contribution in [3.8, 4) is 0 Å². The summed E-state index contributed by atoms with van der Waals surface area (Å²) in [5, 5.41) is 0. The maximum Gasteiger partial charge on any atom is 0.263 e. The topological polar surface area (TPSA) is 33.2 Å². The second-order valence-corrected chi connectivity index (χ2v) is 5.73. The molecule has 0 radical (unpaired) electrons. The highest BCUT2D eigenvalue weighted by molar-refractivity contribution is 7.14. The van der Waals surface area contributed by atoms with Crippen LogP contribution >= 0.6 is 11.3 Å². The molecule has 2 rings (SSSR count). The largest absolute Gasteiger partial charge is 0.337 e. The maximum atomic E-state index is 12.3. The van der Waals surface area contributed by atoms with E-state index in [1.165, 1.54) is 10.4 Å². The van der Waals surface area contributed by atoms with E-state index < -0.39 is 0 Å². The monoisotopic (exact) mass is 274 g/mol. The Morgan fingerprint density at radius 1 is 1.47 bits per heavy atom. The van der Waals surface area contributed by atoms with E-state index in [-0.39, 0.29) is 5.91 Å². The molecule has 0 atom stereocenters. The minimum absolute atomic E-state index is 0.0802. The van der Waals surface area contributed by atoms with E-state index in [0.29, 0.717) is 6.54 Å². The first-order valence-electron chi connectivity index (χ1n) is 6.35. The van der Waals surface area contributed by atoms with Crippen LogP contribution in [0.3, 0.4) is 0 Å². The number of hydrogen-bond donors (Lipinski definition) is 0. The first-order valence-corrected chi connectivity index (χ1v) is 7.17. The van der Waals surface area contributed by atoms with Crippen molar-refractivity contribution in [1.29, 1.82) is 0 Å². The number of carbonyl (C=O) groups excluding carboxylic acids is 1. The Balaban J connectivity index is 2.10. The van der Waals surface area contributed by atoms with Crippen molar-refractivity contribution >= 4 is 17.2 Å². The Labute approximate surface area is 117 Å². The lowest BCUT2D eigenvalue weighted by Gasteiger charge is -2.15. The molecule has 3 nitrogen and oxygen atoms in total. The number of thiophene rings is 1. The second-order valence-electron chi connectivity index (χ2n) is 4.59. The molecular weight excluding hydrogens is 256 g/mol. The fraction of sp³-hybridized carbons (Fsp3) is 0.333. The zero-order valence-corrected chi connectivity index (χ0v) is 12.3. The number of pyridine rings is 1. The molecule has 0 aromatic carbocycles. The Hall–Kier alpha value is -1.68. The quantitative estimate of drug-likeness (QED) is 0.857. The van der Waals surface area contributed by atoms with E-state index >= 15 is 0 Å². The SMILES string of the molecule is CCc1sc(C(=O)N(C)Cc2cccnc2)cc1C. The molecule has 0 unspecified atom stereocenters. The van der Waals surface area contributed by atoms with Crippen LogP contribution in [0.1, 0.15) is 32.6 Å². The molecule has 0 saturated heterocycles. The molecule has 0 bridgehead atoms. The van der Waals surface area contributed by atoms with Crippen molar-refractivity contribution in [2.45, 2.75) is 26.8 Å². The molecule has 19 heavy (non-hydrogen) atoms. The van der Waals surface area contributed by atoms with E-state index in [9.17, 15) is 4.79 Å². The van der Waals surface area contributed by atoms with Crippen LogP contribution in [0.15, 0.2) is 30.6 Å². The Kier molecular flexibility index (Phi) is 4.32. The molecule has 2 heterocycles. The number of rotatable bonds is 4. The molecule has 0 aliphatic heterocycles. The molecule has 0 aliphatic carbocycles. The predicted molar refractivity (Wildman–Crippen MR) is 78.5 cm³/mol. The van der Waals surface area contributed by atoms with Gasteiger partial charge in [0.05, 0.1) is 4.88 Å². The summed E-state index contributed by atoms with van der Waals surface area (Å²) in [6, 6.07) is 5.86. The van der Waals surface area contributed by atoms with Crippen molar-refractivity contribution in [2.24, 2.45) is 0 Å². The van der Waals surface area contributed by atoms with Gasteiger partial charge >= 0.3 is 0 Å². The summed E-state index contributed by atoms with van der Waals surface area (Å²) >= 11 is 1.60. The van der Waals surface area contributed by atoms with Crippen LogP contribution in [-0.4, -0.2) is 22.8 Å². The standard InChI is InChI=1S/C15H18N2OS/c1-4-13-11(2)8-14(19-13)15(18)17(3)10-12-6-5-7-16-9-12/h5-9H,4,10H2,1-3H3. The van der Waals surface area contributed by atoms with Gasteiger partial charge in [-0.25, -0.2) is 0 Å². The maximum absolute atomic E-state index is 12.3. The third-order valence-corrected chi connectivity index (χ3v) is 4.41. The van der Waals surface area contributed by atoms with Gasteiger partial charge in [0.25, 0.3) is 5.91 Å². The lowest BCUT2D eigenvalue weighted by molar-refractivity contribution is 0.0789. The van der Waals surface area contributed by atoms with Gasteiger partial charge in [-0.3, -0.25) is 9.78 Å². The number of aryl methyl sites for hydroxylation is 2. The van der Waals surface area contributed by atoms with E-state index in [1.807, 2.05) is 25.2 Å². The van der Waals surface area contributed by atoms with Gasteiger partial charge in [-0.1, -0.05) is 13.0 Å². The van der Waals surface area contributed by atoms with Crippen molar-refractivity contribution in [3.63, 3.8) is 0 Å². The molecule has 0 aliphatic rings. The molecule has 2 aromatic rings. The van der Waals surface area contributed by atoms with Gasteiger partial charge in [-0.05, 0) is 36.6 Å². The molecule has 100 valence electrons. The Bertz CT molecular complexity index is 563. The highest BCUT2D eigenvalue weighted by Crippen LogP contribution is 2.23. The number of carbonyl (C=O) groups is 1. The molecule has 1 amide bonds. The van der Waals surface area contributed by atoms with Crippen LogP contribution in [0.5, 0.6) is 0 Å². The summed E-state index contributed by atoms with van der Waals surface area (Å²) in [5.74, 6) is 0.0802. The van der Waals surface area contributed by atoms with Crippen molar-refractivity contribution in [3.05, 3.63) is 51.5 Å². The summed E-state index contributed by atoms with van der Waals surface area (Å²) in [5.41, 5.74) is 2.26. The number of amides is 1. The number of aromatic nitrogens is 1. The van der Waals surface area contributed by atoms with E-state index in [4.69, 9.17) is 0 Å². The highest BCUT2D eigenvalue weighted by Gasteiger charge is 2.16. The van der Waals surface area contributed by atoms with Gasteiger partial charge in [0.1, 0.15) is 0 Å². The smallest absolute Gasteiger partial charge is 0.263 e. The van der Waals surface area contributed by atoms with Gasteiger partial charge in [0.2, 0.25) is 0 Å². The minimum atomic E-state index is 0.0802. The Morgan fingerprint density at radius 2 is 2.26 bits per heavy atom. The predicted octanol–water partition coefficient (Wildman–Crippen LogP) is 3.29. The third-order valence-electron chi connectivity index (χ3n) is 3.04. The average Bonchev–Trinajstić information content (AvgIpc) is 2.80. The first-order chi connectivity index (χ1) is 9.11. The van der Waals surface area contributed by atoms with E-state index in [1.54, 1.807) is 28.6 Å². The Morgan fingerprint density at radius 3 is 2.84 bits per heavy atom. The summed E-state index contributed by atoms with van der Waals surface area (Å²) in [6.07, 6.45) is 4.51. The lowest BCUT2D eigenvalue weighted by atomic mass is 10.2. The summed E-state index contributed by atoms with van der Waals surface area (Å²) in [7, 11) is 1.83. The number of nitrogens with zero attached hydrogens (tertiary/aromatic N) is 2.